The zero-order chi connectivity index (χ0) is 12.2. The van der Waals surface area contributed by atoms with Crippen LogP contribution in [0.15, 0.2) is 0 Å². The van der Waals surface area contributed by atoms with Crippen molar-refractivity contribution in [2.45, 2.75) is 78.0 Å². The summed E-state index contributed by atoms with van der Waals surface area (Å²) in [5, 5.41) is 0. The lowest BCUT2D eigenvalue weighted by molar-refractivity contribution is 1.02. The van der Waals surface area contributed by atoms with E-state index in [2.05, 4.69) is 66.4 Å². The van der Waals surface area contributed by atoms with Crippen LogP contribution in [0, 0.1) is 0 Å². The quantitative estimate of drug-likeness (QED) is 0.520. The average Bonchev–Trinajstić information content (AvgIpc) is 2.01. The molecule has 0 aromatic heterocycles. The minimum Gasteiger partial charge on any atom is -0.106 e. The first-order valence-electron chi connectivity index (χ1n) is 6.02. The van der Waals surface area contributed by atoms with Crippen LogP contribution in [-0.4, -0.2) is 22.6 Å². The molecule has 0 N–H and O–H groups in total. The smallest absolute Gasteiger partial charge is 0.0168 e. The highest BCUT2D eigenvalue weighted by Gasteiger charge is 2.26. The van der Waals surface area contributed by atoms with Gasteiger partial charge in [-0.05, 0) is 36.9 Å². The Morgan fingerprint density at radius 1 is 0.533 bits per heavy atom. The van der Waals surface area contributed by atoms with Crippen molar-refractivity contribution in [1.82, 2.24) is 0 Å². The van der Waals surface area contributed by atoms with E-state index < -0.39 is 0 Å². The lowest BCUT2D eigenvalue weighted by Crippen LogP contribution is -2.04. The fourth-order valence-corrected chi connectivity index (χ4v) is 16.7. The van der Waals surface area contributed by atoms with Crippen LogP contribution in [-0.2, 0) is 0 Å². The molecule has 0 saturated heterocycles. The van der Waals surface area contributed by atoms with Crippen molar-refractivity contribution >= 4 is 25.2 Å². The maximum absolute atomic E-state index is 2.40. The van der Waals surface area contributed by atoms with Gasteiger partial charge in [0.2, 0.25) is 0 Å². The Bertz CT molecular complexity index is 133. The summed E-state index contributed by atoms with van der Waals surface area (Å²) < 4.78 is 0. The molecule has 0 amide bonds. The van der Waals surface area contributed by atoms with Gasteiger partial charge < -0.3 is 0 Å². The van der Waals surface area contributed by atoms with Gasteiger partial charge in [-0.25, -0.2) is 0 Å². The molecule has 0 aliphatic rings. The second-order valence-electron chi connectivity index (χ2n) is 5.18. The molecule has 0 saturated carbocycles. The van der Waals surface area contributed by atoms with E-state index in [1.54, 1.807) is 0 Å². The number of hydrogen-bond donors (Lipinski definition) is 0. The highest BCUT2D eigenvalue weighted by Crippen LogP contribution is 2.74. The summed E-state index contributed by atoms with van der Waals surface area (Å²) in [5.41, 5.74) is 3.47. The zero-order valence-corrected chi connectivity index (χ0v) is 14.2. The Morgan fingerprint density at radius 2 is 0.733 bits per heavy atom. The van der Waals surface area contributed by atoms with E-state index in [0.717, 1.165) is 22.6 Å². The van der Waals surface area contributed by atoms with Gasteiger partial charge in [-0.15, -0.1) is 11.0 Å². The monoisotopic (exact) mass is 266 g/mol. The third kappa shape index (κ3) is 5.90. The van der Waals surface area contributed by atoms with Crippen molar-refractivity contribution in [1.29, 1.82) is 0 Å². The van der Waals surface area contributed by atoms with Gasteiger partial charge in [0, 0.05) is 0 Å². The summed E-state index contributed by atoms with van der Waals surface area (Å²) >= 11 is 2.35. The van der Waals surface area contributed by atoms with Crippen molar-refractivity contribution in [2.75, 3.05) is 0 Å². The van der Waals surface area contributed by atoms with Crippen LogP contribution in [0.4, 0.5) is 0 Å². The molecule has 0 atom stereocenters. The largest absolute Gasteiger partial charge is 0.106 e. The molecule has 0 aliphatic heterocycles. The molecular formula is C12H28P2S. The molecule has 0 nitrogen and oxygen atoms in total. The molecular weight excluding hydrogens is 238 g/mol. The van der Waals surface area contributed by atoms with Crippen LogP contribution in [0.3, 0.4) is 0 Å². The van der Waals surface area contributed by atoms with Crippen molar-refractivity contribution < 1.29 is 0 Å². The fraction of sp³-hybridized carbons (Fsp3) is 1.00. The molecule has 0 aliphatic carbocycles. The second-order valence-corrected chi connectivity index (χ2v) is 15.4. The van der Waals surface area contributed by atoms with Gasteiger partial charge in [0.25, 0.3) is 0 Å². The second kappa shape index (κ2) is 7.52. The van der Waals surface area contributed by atoms with Crippen LogP contribution in [0.5, 0.6) is 0 Å². The number of rotatable bonds is 6. The van der Waals surface area contributed by atoms with Crippen molar-refractivity contribution in [3.8, 4) is 0 Å². The van der Waals surface area contributed by atoms with Gasteiger partial charge >= 0.3 is 0 Å². The summed E-state index contributed by atoms with van der Waals surface area (Å²) in [5.74, 6) is 0. The molecule has 0 rings (SSSR count). The Hall–Kier alpha value is 1.21. The molecule has 0 unspecified atom stereocenters. The number of hydrogen-bond acceptors (Lipinski definition) is 1. The van der Waals surface area contributed by atoms with Crippen molar-refractivity contribution in [3.05, 3.63) is 0 Å². The molecule has 0 spiro atoms. The van der Waals surface area contributed by atoms with Crippen molar-refractivity contribution in [2.24, 2.45) is 0 Å². The van der Waals surface area contributed by atoms with E-state index >= 15 is 0 Å². The lowest BCUT2D eigenvalue weighted by Gasteiger charge is -2.33. The zero-order valence-electron chi connectivity index (χ0n) is 11.6. The van der Waals surface area contributed by atoms with E-state index in [4.69, 9.17) is 0 Å². The van der Waals surface area contributed by atoms with Gasteiger partial charge in [-0.3, -0.25) is 0 Å². The maximum atomic E-state index is 2.40. The van der Waals surface area contributed by atoms with Gasteiger partial charge in [-0.1, -0.05) is 55.4 Å². The molecule has 92 valence electrons. The Labute approximate surface area is 103 Å². The van der Waals surface area contributed by atoms with E-state index in [1.165, 1.54) is 0 Å². The Kier molecular flexibility index (Phi) is 8.13. The Morgan fingerprint density at radius 3 is 0.867 bits per heavy atom. The Balaban J connectivity index is 4.48. The first kappa shape index (κ1) is 16.2. The van der Waals surface area contributed by atoms with Crippen LogP contribution in [0.1, 0.15) is 55.4 Å². The molecule has 0 radical (unpaired) electrons. The first-order chi connectivity index (χ1) is 6.77. The summed E-state index contributed by atoms with van der Waals surface area (Å²) in [4.78, 5) is 0. The topological polar surface area (TPSA) is 0 Å². The lowest BCUT2D eigenvalue weighted by atomic mass is 10.5. The van der Waals surface area contributed by atoms with Gasteiger partial charge in [0.15, 0.2) is 0 Å². The highest BCUT2D eigenvalue weighted by atomic mass is 33.1. The third-order valence-electron chi connectivity index (χ3n) is 2.22. The van der Waals surface area contributed by atoms with E-state index in [-0.39, 0.29) is 14.2 Å². The molecule has 15 heavy (non-hydrogen) atoms. The maximum Gasteiger partial charge on any atom is -0.0168 e. The minimum absolute atomic E-state index is 0.163. The predicted molar refractivity (Wildman–Crippen MR) is 82.0 cm³/mol. The standard InChI is InChI=1S/C12H28P2S/c1-9(2)13(10(3)4)15-14(11(5)6)12(7)8/h9-12H,1-8H3. The van der Waals surface area contributed by atoms with Crippen LogP contribution < -0.4 is 0 Å². The summed E-state index contributed by atoms with van der Waals surface area (Å²) in [6, 6.07) is 0. The minimum atomic E-state index is 0.163. The predicted octanol–water partition coefficient (Wildman–Crippen LogP) is 6.15. The van der Waals surface area contributed by atoms with Gasteiger partial charge in [0.1, 0.15) is 0 Å². The highest BCUT2D eigenvalue weighted by molar-refractivity contribution is 8.85. The summed E-state index contributed by atoms with van der Waals surface area (Å²) in [7, 11) is 0.325. The SMILES string of the molecule is CC(C)P(SP(C(C)C)C(C)C)C(C)C. The first-order valence-corrected chi connectivity index (χ1v) is 11.0. The summed E-state index contributed by atoms with van der Waals surface area (Å²) in [6.45, 7) is 19.2. The molecule has 0 aromatic rings. The fourth-order valence-electron chi connectivity index (χ4n) is 1.68. The molecule has 0 bridgehead atoms. The van der Waals surface area contributed by atoms with E-state index in [9.17, 15) is 0 Å². The van der Waals surface area contributed by atoms with Gasteiger partial charge in [-0.2, -0.15) is 0 Å². The molecule has 0 heterocycles. The normalized spacial score (nSPS) is 13.2. The molecule has 0 fully saturated rings. The molecule has 3 heteroatoms. The summed E-state index contributed by atoms with van der Waals surface area (Å²) in [6.07, 6.45) is 0. The average molecular weight is 266 g/mol. The van der Waals surface area contributed by atoms with Crippen molar-refractivity contribution in [3.63, 3.8) is 0 Å². The van der Waals surface area contributed by atoms with Crippen LogP contribution in [0.2, 0.25) is 0 Å². The molecule has 0 aromatic carbocycles. The van der Waals surface area contributed by atoms with Crippen LogP contribution >= 0.6 is 25.2 Å². The third-order valence-corrected chi connectivity index (χ3v) is 16.3. The van der Waals surface area contributed by atoms with Gasteiger partial charge in [0.05, 0.1) is 0 Å². The van der Waals surface area contributed by atoms with E-state index in [1.807, 2.05) is 0 Å². The van der Waals surface area contributed by atoms with E-state index in [0.29, 0.717) is 0 Å². The van der Waals surface area contributed by atoms with Crippen LogP contribution in [0.25, 0.3) is 0 Å².